The molecule has 12 heteroatoms. The number of nitrogens with one attached hydrogen (secondary N) is 1. The van der Waals surface area contributed by atoms with Crippen molar-refractivity contribution in [3.05, 3.63) is 47.2 Å². The van der Waals surface area contributed by atoms with E-state index in [2.05, 4.69) is 5.32 Å². The number of likely N-dealkylation sites (tertiary alicyclic amines) is 1. The Bertz CT molecular complexity index is 1280. The first kappa shape index (κ1) is 27.8. The van der Waals surface area contributed by atoms with Crippen LogP contribution in [0.15, 0.2) is 41.3 Å². The number of sulfonamides is 1. The van der Waals surface area contributed by atoms with Crippen LogP contribution in [0.5, 0.6) is 0 Å². The summed E-state index contributed by atoms with van der Waals surface area (Å²) in [7, 11) is -1.08. The molecule has 8 nitrogen and oxygen atoms in total. The van der Waals surface area contributed by atoms with Crippen LogP contribution in [0.3, 0.4) is 0 Å². The van der Waals surface area contributed by atoms with Gasteiger partial charge in [-0.3, -0.25) is 9.69 Å². The predicted octanol–water partition coefficient (Wildman–Crippen LogP) is 4.68. The van der Waals surface area contributed by atoms with Crippen molar-refractivity contribution in [2.75, 3.05) is 26.0 Å². The zero-order valence-corrected chi connectivity index (χ0v) is 22.1. The molecule has 0 aromatic heterocycles. The summed E-state index contributed by atoms with van der Waals surface area (Å²) in [5.41, 5.74) is -1.03. The molecule has 2 atom stereocenters. The molecule has 1 N–H and O–H groups in total. The molecule has 0 radical (unpaired) electrons. The van der Waals surface area contributed by atoms with Gasteiger partial charge in [0.25, 0.3) is 0 Å². The van der Waals surface area contributed by atoms with Crippen molar-refractivity contribution in [2.24, 2.45) is 0 Å². The number of carbonyl (C=O) groups excluding carboxylic acids is 2. The van der Waals surface area contributed by atoms with E-state index in [1.807, 2.05) is 0 Å². The smallest absolute Gasteiger partial charge is 0.411 e. The summed E-state index contributed by atoms with van der Waals surface area (Å²) in [4.78, 5) is 26.4. The van der Waals surface area contributed by atoms with Crippen LogP contribution in [0.2, 0.25) is 5.02 Å². The molecule has 1 aliphatic rings. The van der Waals surface area contributed by atoms with E-state index in [1.54, 1.807) is 20.8 Å². The number of rotatable bonds is 5. The first-order valence-electron chi connectivity index (χ1n) is 11.1. The lowest BCUT2D eigenvalue weighted by Crippen LogP contribution is -2.45. The highest BCUT2D eigenvalue weighted by atomic mass is 35.5. The molecule has 0 bridgehead atoms. The Balaban J connectivity index is 1.91. The third kappa shape index (κ3) is 5.96. The molecule has 0 saturated carbocycles. The number of ether oxygens (including phenoxy) is 1. The molecule has 1 fully saturated rings. The first-order valence-corrected chi connectivity index (χ1v) is 12.9. The molecule has 196 valence electrons. The third-order valence-electron chi connectivity index (χ3n) is 5.44. The Morgan fingerprint density at radius 1 is 1.17 bits per heavy atom. The van der Waals surface area contributed by atoms with E-state index in [9.17, 15) is 22.4 Å². The van der Waals surface area contributed by atoms with Gasteiger partial charge >= 0.3 is 6.09 Å². The summed E-state index contributed by atoms with van der Waals surface area (Å²) in [6.07, 6.45) is -2.55. The number of halogens is 3. The number of hydrogen-bond donors (Lipinski definition) is 1. The zero-order valence-electron chi connectivity index (χ0n) is 20.5. The molecule has 1 saturated heterocycles. The fourth-order valence-corrected chi connectivity index (χ4v) is 4.84. The Labute approximate surface area is 214 Å². The van der Waals surface area contributed by atoms with Crippen LogP contribution in [0.25, 0.3) is 11.1 Å². The number of carbonyl (C=O) groups is 2. The highest BCUT2D eigenvalue weighted by Crippen LogP contribution is 2.35. The minimum Gasteiger partial charge on any atom is -0.444 e. The van der Waals surface area contributed by atoms with Crippen molar-refractivity contribution in [3.63, 3.8) is 0 Å². The van der Waals surface area contributed by atoms with Gasteiger partial charge in [-0.2, -0.15) is 0 Å². The van der Waals surface area contributed by atoms with E-state index in [4.69, 9.17) is 16.3 Å². The predicted molar refractivity (Wildman–Crippen MR) is 133 cm³/mol. The number of amides is 2. The van der Waals surface area contributed by atoms with Crippen molar-refractivity contribution >= 4 is 39.3 Å². The zero-order chi connectivity index (χ0) is 27.0. The topological polar surface area (TPSA) is 96.0 Å². The number of benzene rings is 2. The van der Waals surface area contributed by atoms with E-state index in [0.717, 1.165) is 9.21 Å². The molecular formula is C24H28ClF2N3O5S. The summed E-state index contributed by atoms with van der Waals surface area (Å²) in [6, 6.07) is 6.84. The van der Waals surface area contributed by atoms with Gasteiger partial charge in [0.2, 0.25) is 15.9 Å². The van der Waals surface area contributed by atoms with Crippen LogP contribution in [-0.2, 0) is 19.6 Å². The van der Waals surface area contributed by atoms with Crippen LogP contribution in [0, 0.1) is 5.82 Å². The summed E-state index contributed by atoms with van der Waals surface area (Å²) >= 11 is 6.25. The van der Waals surface area contributed by atoms with Gasteiger partial charge in [-0.05, 0) is 45.0 Å². The summed E-state index contributed by atoms with van der Waals surface area (Å²) in [5.74, 6) is -1.65. The highest BCUT2D eigenvalue weighted by molar-refractivity contribution is 7.89. The summed E-state index contributed by atoms with van der Waals surface area (Å²) < 4.78 is 61.0. The van der Waals surface area contributed by atoms with E-state index in [1.165, 1.54) is 50.5 Å². The van der Waals surface area contributed by atoms with Crippen molar-refractivity contribution in [1.29, 1.82) is 0 Å². The molecule has 2 aromatic carbocycles. The van der Waals surface area contributed by atoms with E-state index in [0.29, 0.717) is 0 Å². The van der Waals surface area contributed by atoms with Crippen molar-refractivity contribution < 1.29 is 31.5 Å². The molecule has 1 heterocycles. The van der Waals surface area contributed by atoms with Crippen LogP contribution >= 0.6 is 11.6 Å². The van der Waals surface area contributed by atoms with E-state index in [-0.39, 0.29) is 39.7 Å². The largest absolute Gasteiger partial charge is 0.444 e. The second-order valence-electron chi connectivity index (χ2n) is 9.57. The molecule has 3 rings (SSSR count). The minimum atomic E-state index is -3.81. The Kier molecular flexibility index (Phi) is 7.97. The van der Waals surface area contributed by atoms with Gasteiger partial charge in [-0.25, -0.2) is 26.3 Å². The molecule has 2 amide bonds. The maximum atomic E-state index is 15.5. The number of anilines is 1. The average molecular weight is 544 g/mol. The molecule has 0 unspecified atom stereocenters. The van der Waals surface area contributed by atoms with Crippen molar-refractivity contribution in [2.45, 2.75) is 49.9 Å². The van der Waals surface area contributed by atoms with Gasteiger partial charge in [-0.1, -0.05) is 23.7 Å². The maximum absolute atomic E-state index is 15.5. The SMILES string of the molecule is CN(C)S(=O)(=O)c1ccc(Cl)c(-c2cccc(NC(=O)[C@@H]3C[C@@H](F)CN3C(=O)OC(C)(C)C)c2F)c1. The van der Waals surface area contributed by atoms with E-state index >= 15 is 4.39 Å². The van der Waals surface area contributed by atoms with Gasteiger partial charge < -0.3 is 10.1 Å². The molecule has 2 aromatic rings. The monoisotopic (exact) mass is 543 g/mol. The van der Waals surface area contributed by atoms with Gasteiger partial charge in [0.1, 0.15) is 17.8 Å². The lowest BCUT2D eigenvalue weighted by atomic mass is 10.0. The van der Waals surface area contributed by atoms with Crippen LogP contribution in [0.4, 0.5) is 19.3 Å². The Morgan fingerprint density at radius 2 is 1.83 bits per heavy atom. The lowest BCUT2D eigenvalue weighted by molar-refractivity contribution is -0.120. The summed E-state index contributed by atoms with van der Waals surface area (Å²) in [5, 5.41) is 2.51. The van der Waals surface area contributed by atoms with Gasteiger partial charge in [0.15, 0.2) is 5.82 Å². The normalized spacial score (nSPS) is 18.4. The van der Waals surface area contributed by atoms with Gasteiger partial charge in [0.05, 0.1) is 17.1 Å². The standard InChI is InChI=1S/C24H28ClF2N3O5S/c1-24(2,3)35-23(32)30-13-14(26)11-20(30)22(31)28-19-8-6-7-16(21(19)27)17-12-15(9-10-18(17)25)36(33,34)29(4)5/h6-10,12,14,20H,11,13H2,1-5H3,(H,28,31)/t14-,20+/m1/s1. The molecular weight excluding hydrogens is 516 g/mol. The van der Waals surface area contributed by atoms with Crippen LogP contribution < -0.4 is 5.32 Å². The molecule has 0 aliphatic carbocycles. The first-order chi connectivity index (χ1) is 16.6. The van der Waals surface area contributed by atoms with Gasteiger partial charge in [-0.15, -0.1) is 0 Å². The van der Waals surface area contributed by atoms with Crippen LogP contribution in [0.1, 0.15) is 27.2 Å². The highest BCUT2D eigenvalue weighted by Gasteiger charge is 2.42. The second-order valence-corrected chi connectivity index (χ2v) is 12.1. The van der Waals surface area contributed by atoms with Crippen molar-refractivity contribution in [1.82, 2.24) is 9.21 Å². The summed E-state index contributed by atoms with van der Waals surface area (Å²) in [6.45, 7) is 4.62. The molecule has 1 aliphatic heterocycles. The Morgan fingerprint density at radius 3 is 2.44 bits per heavy atom. The second kappa shape index (κ2) is 10.3. The number of alkyl halides is 1. The lowest BCUT2D eigenvalue weighted by Gasteiger charge is -2.27. The molecule has 36 heavy (non-hydrogen) atoms. The maximum Gasteiger partial charge on any atom is 0.411 e. The molecule has 0 spiro atoms. The van der Waals surface area contributed by atoms with Gasteiger partial charge in [0, 0.05) is 36.7 Å². The number of hydrogen-bond acceptors (Lipinski definition) is 5. The van der Waals surface area contributed by atoms with Crippen LogP contribution in [-0.4, -0.2) is 68.1 Å². The fourth-order valence-electron chi connectivity index (χ4n) is 3.69. The fraction of sp³-hybridized carbons (Fsp3) is 0.417. The van der Waals surface area contributed by atoms with Crippen molar-refractivity contribution in [3.8, 4) is 11.1 Å². The Hall–Kier alpha value is -2.76. The van der Waals surface area contributed by atoms with E-state index < -0.39 is 45.7 Å². The quantitative estimate of drug-likeness (QED) is 0.590. The third-order valence-corrected chi connectivity index (χ3v) is 7.58. The minimum absolute atomic E-state index is 0.0487. The average Bonchev–Trinajstić information content (AvgIpc) is 3.16. The number of nitrogens with zero attached hydrogens (tertiary/aromatic N) is 2.